The van der Waals surface area contributed by atoms with Crippen LogP contribution in [0, 0.1) is 6.92 Å². The SMILES string of the molecule is CCCNC(=O)Nc1cc(-c2nc(C)cs2)c(-c2cncc(C(=O)OC)c2)cn1. The number of aromatic nitrogens is 3. The van der Waals surface area contributed by atoms with Gasteiger partial charge in [-0.05, 0) is 25.5 Å². The molecule has 0 aliphatic carbocycles. The van der Waals surface area contributed by atoms with Gasteiger partial charge in [0.2, 0.25) is 0 Å². The van der Waals surface area contributed by atoms with Crippen molar-refractivity contribution in [2.24, 2.45) is 0 Å². The highest BCUT2D eigenvalue weighted by molar-refractivity contribution is 7.13. The van der Waals surface area contributed by atoms with Gasteiger partial charge in [0.25, 0.3) is 0 Å². The van der Waals surface area contributed by atoms with Gasteiger partial charge in [0.1, 0.15) is 10.8 Å². The Hall–Kier alpha value is -3.33. The quantitative estimate of drug-likeness (QED) is 0.596. The highest BCUT2D eigenvalue weighted by Crippen LogP contribution is 2.35. The second-order valence-electron chi connectivity index (χ2n) is 6.24. The number of urea groups is 1. The van der Waals surface area contributed by atoms with Gasteiger partial charge in [0.15, 0.2) is 0 Å². The van der Waals surface area contributed by atoms with Crippen LogP contribution in [0.25, 0.3) is 21.7 Å². The van der Waals surface area contributed by atoms with Crippen molar-refractivity contribution in [1.29, 1.82) is 0 Å². The predicted octanol–water partition coefficient (Wildman–Crippen LogP) is 3.89. The summed E-state index contributed by atoms with van der Waals surface area (Å²) < 4.78 is 4.78. The van der Waals surface area contributed by atoms with Crippen LogP contribution in [0.15, 0.2) is 36.1 Å². The van der Waals surface area contributed by atoms with Gasteiger partial charge in [0.05, 0.1) is 12.7 Å². The van der Waals surface area contributed by atoms with Gasteiger partial charge in [-0.25, -0.2) is 19.6 Å². The van der Waals surface area contributed by atoms with Gasteiger partial charge < -0.3 is 10.1 Å². The Labute approximate surface area is 172 Å². The molecule has 150 valence electrons. The minimum absolute atomic E-state index is 0.317. The Morgan fingerprint density at radius 3 is 2.69 bits per heavy atom. The lowest BCUT2D eigenvalue weighted by atomic mass is 10.0. The van der Waals surface area contributed by atoms with E-state index >= 15 is 0 Å². The average Bonchev–Trinajstić information content (AvgIpc) is 3.18. The maximum absolute atomic E-state index is 12.0. The van der Waals surface area contributed by atoms with E-state index in [1.807, 2.05) is 19.2 Å². The molecule has 0 atom stereocenters. The molecule has 0 fully saturated rings. The van der Waals surface area contributed by atoms with Gasteiger partial charge in [-0.2, -0.15) is 0 Å². The number of carbonyl (C=O) groups is 2. The van der Waals surface area contributed by atoms with Crippen LogP contribution >= 0.6 is 11.3 Å². The fraction of sp³-hybridized carbons (Fsp3) is 0.250. The molecule has 0 aliphatic heterocycles. The van der Waals surface area contributed by atoms with E-state index < -0.39 is 5.97 Å². The first kappa shape index (κ1) is 20.4. The standard InChI is InChI=1S/C20H21N5O3S/c1-4-5-22-20(27)25-17-7-15(18-24-12(2)11-29-18)16(10-23-17)13-6-14(9-21-8-13)19(26)28-3/h6-11H,4-5H2,1-3H3,(H2,22,23,25,27). The summed E-state index contributed by atoms with van der Waals surface area (Å²) in [6.45, 7) is 4.47. The second-order valence-corrected chi connectivity index (χ2v) is 7.10. The summed E-state index contributed by atoms with van der Waals surface area (Å²) in [5.41, 5.74) is 3.46. The molecule has 29 heavy (non-hydrogen) atoms. The van der Waals surface area contributed by atoms with Crippen molar-refractivity contribution in [3.8, 4) is 21.7 Å². The molecule has 0 bridgehead atoms. The smallest absolute Gasteiger partial charge is 0.339 e. The van der Waals surface area contributed by atoms with Crippen LogP contribution in [0.2, 0.25) is 0 Å². The zero-order valence-corrected chi connectivity index (χ0v) is 17.2. The van der Waals surface area contributed by atoms with Crippen LogP contribution in [0.5, 0.6) is 0 Å². The number of esters is 1. The van der Waals surface area contributed by atoms with Crippen molar-refractivity contribution >= 4 is 29.2 Å². The molecule has 2 N–H and O–H groups in total. The van der Waals surface area contributed by atoms with Gasteiger partial charge in [0, 0.05) is 52.9 Å². The number of hydrogen-bond donors (Lipinski definition) is 2. The highest BCUT2D eigenvalue weighted by atomic mass is 32.1. The normalized spacial score (nSPS) is 10.4. The Kier molecular flexibility index (Phi) is 6.50. The number of ether oxygens (including phenoxy) is 1. The Morgan fingerprint density at radius 2 is 2.00 bits per heavy atom. The predicted molar refractivity (Wildman–Crippen MR) is 112 cm³/mol. The molecule has 0 aliphatic rings. The molecule has 0 saturated heterocycles. The number of rotatable bonds is 6. The number of nitrogens with one attached hydrogen (secondary N) is 2. The van der Waals surface area contributed by atoms with E-state index in [-0.39, 0.29) is 6.03 Å². The van der Waals surface area contributed by atoms with E-state index in [1.54, 1.807) is 24.5 Å². The zero-order chi connectivity index (χ0) is 20.8. The first-order valence-corrected chi connectivity index (χ1v) is 9.91. The molecule has 3 rings (SSSR count). The molecule has 0 saturated carbocycles. The first-order valence-electron chi connectivity index (χ1n) is 9.03. The topological polar surface area (TPSA) is 106 Å². The van der Waals surface area contributed by atoms with Gasteiger partial charge in [-0.3, -0.25) is 10.3 Å². The average molecular weight is 411 g/mol. The molecule has 0 aromatic carbocycles. The summed E-state index contributed by atoms with van der Waals surface area (Å²) in [6.07, 6.45) is 5.57. The summed E-state index contributed by atoms with van der Waals surface area (Å²) in [5.74, 6) is -0.0628. The number of nitrogens with zero attached hydrogens (tertiary/aromatic N) is 3. The van der Waals surface area contributed by atoms with Crippen LogP contribution in [0.1, 0.15) is 29.4 Å². The van der Waals surface area contributed by atoms with E-state index in [9.17, 15) is 9.59 Å². The summed E-state index contributed by atoms with van der Waals surface area (Å²) in [6, 6.07) is 3.15. The molecule has 0 spiro atoms. The number of amides is 2. The molecule has 3 aromatic heterocycles. The third-order valence-corrected chi connectivity index (χ3v) is 4.99. The van der Waals surface area contributed by atoms with Crippen LogP contribution in [0.4, 0.5) is 10.6 Å². The van der Waals surface area contributed by atoms with Crippen molar-refractivity contribution in [3.05, 3.63) is 47.4 Å². The third-order valence-electron chi connectivity index (χ3n) is 4.00. The third kappa shape index (κ3) is 4.94. The summed E-state index contributed by atoms with van der Waals surface area (Å²) in [4.78, 5) is 36.9. The number of carbonyl (C=O) groups excluding carboxylic acids is 2. The van der Waals surface area contributed by atoms with Gasteiger partial charge in [-0.15, -0.1) is 11.3 Å². The van der Waals surface area contributed by atoms with E-state index in [4.69, 9.17) is 4.74 Å². The minimum atomic E-state index is -0.468. The van der Waals surface area contributed by atoms with Crippen molar-refractivity contribution in [2.45, 2.75) is 20.3 Å². The molecule has 0 unspecified atom stereocenters. The Balaban J connectivity index is 2.03. The molecule has 2 amide bonds. The zero-order valence-electron chi connectivity index (χ0n) is 16.4. The van der Waals surface area contributed by atoms with Gasteiger partial charge >= 0.3 is 12.0 Å². The number of hydrogen-bond acceptors (Lipinski definition) is 7. The fourth-order valence-corrected chi connectivity index (χ4v) is 3.45. The highest BCUT2D eigenvalue weighted by Gasteiger charge is 2.16. The van der Waals surface area contributed by atoms with E-state index in [0.717, 1.165) is 28.2 Å². The van der Waals surface area contributed by atoms with E-state index in [0.29, 0.717) is 23.5 Å². The van der Waals surface area contributed by atoms with Crippen LogP contribution in [0.3, 0.4) is 0 Å². The van der Waals surface area contributed by atoms with Crippen LogP contribution < -0.4 is 10.6 Å². The maximum atomic E-state index is 12.0. The molecule has 8 nitrogen and oxygen atoms in total. The van der Waals surface area contributed by atoms with Crippen molar-refractivity contribution in [2.75, 3.05) is 19.0 Å². The monoisotopic (exact) mass is 411 g/mol. The maximum Gasteiger partial charge on any atom is 0.339 e. The molecule has 9 heteroatoms. The summed E-state index contributed by atoms with van der Waals surface area (Å²) in [7, 11) is 1.32. The number of aryl methyl sites for hydroxylation is 1. The van der Waals surface area contributed by atoms with E-state index in [1.165, 1.54) is 24.6 Å². The van der Waals surface area contributed by atoms with Crippen molar-refractivity contribution in [1.82, 2.24) is 20.3 Å². The lowest BCUT2D eigenvalue weighted by Gasteiger charge is -2.11. The molecular weight excluding hydrogens is 390 g/mol. The molecule has 3 aromatic rings. The minimum Gasteiger partial charge on any atom is -0.465 e. The summed E-state index contributed by atoms with van der Waals surface area (Å²) >= 11 is 1.49. The first-order chi connectivity index (χ1) is 14.0. The number of anilines is 1. The largest absolute Gasteiger partial charge is 0.465 e. The Bertz CT molecular complexity index is 1030. The van der Waals surface area contributed by atoms with Crippen molar-refractivity contribution in [3.63, 3.8) is 0 Å². The molecular formula is C20H21N5O3S. The summed E-state index contributed by atoms with van der Waals surface area (Å²) in [5, 5.41) is 8.22. The van der Waals surface area contributed by atoms with Crippen molar-refractivity contribution < 1.29 is 14.3 Å². The number of pyridine rings is 2. The lowest BCUT2D eigenvalue weighted by molar-refractivity contribution is 0.0600. The van der Waals surface area contributed by atoms with Crippen LogP contribution in [-0.4, -0.2) is 40.6 Å². The number of methoxy groups -OCH3 is 1. The second kappa shape index (κ2) is 9.24. The van der Waals surface area contributed by atoms with Crippen LogP contribution in [-0.2, 0) is 4.74 Å². The Morgan fingerprint density at radius 1 is 1.17 bits per heavy atom. The van der Waals surface area contributed by atoms with Gasteiger partial charge in [-0.1, -0.05) is 6.92 Å². The van der Waals surface area contributed by atoms with E-state index in [2.05, 4.69) is 25.6 Å². The lowest BCUT2D eigenvalue weighted by Crippen LogP contribution is -2.29. The number of thiazole rings is 1. The molecule has 3 heterocycles. The fourth-order valence-electron chi connectivity index (χ4n) is 2.62. The molecule has 0 radical (unpaired) electrons.